The molecule has 2 rings (SSSR count). The van der Waals surface area contributed by atoms with Gasteiger partial charge < -0.3 is 5.73 Å². The van der Waals surface area contributed by atoms with Crippen molar-refractivity contribution in [2.45, 2.75) is 45.2 Å². The largest absolute Gasteiger partial charge is 0.324 e. The van der Waals surface area contributed by atoms with Gasteiger partial charge in [-0.15, -0.1) is 0 Å². The zero-order valence-corrected chi connectivity index (χ0v) is 14.7. The second-order valence-electron chi connectivity index (χ2n) is 5.23. The number of hydrogen-bond acceptors (Lipinski definition) is 2. The first-order chi connectivity index (χ1) is 10.0. The fraction of sp³-hybridized carbons (Fsp3) is 0.438. The van der Waals surface area contributed by atoms with Crippen molar-refractivity contribution in [1.29, 1.82) is 0 Å². The molecule has 0 amide bonds. The van der Waals surface area contributed by atoms with Gasteiger partial charge in [0.1, 0.15) is 0 Å². The van der Waals surface area contributed by atoms with E-state index in [1.54, 1.807) is 0 Å². The first-order valence-corrected chi connectivity index (χ1v) is 8.46. The molecule has 2 N–H and O–H groups in total. The summed E-state index contributed by atoms with van der Waals surface area (Å²) in [6, 6.07) is 8.14. The van der Waals surface area contributed by atoms with E-state index in [-0.39, 0.29) is 6.04 Å². The van der Waals surface area contributed by atoms with E-state index in [4.69, 9.17) is 17.3 Å². The average Bonchev–Trinajstić information content (AvgIpc) is 2.88. The number of benzene rings is 1. The van der Waals surface area contributed by atoms with Crippen LogP contribution in [-0.2, 0) is 6.42 Å². The van der Waals surface area contributed by atoms with Gasteiger partial charge in [0, 0.05) is 28.2 Å². The van der Waals surface area contributed by atoms with E-state index in [1.807, 2.05) is 18.2 Å². The molecule has 1 aromatic carbocycles. The van der Waals surface area contributed by atoms with Crippen LogP contribution in [0.25, 0.3) is 0 Å². The molecule has 1 atom stereocenters. The highest BCUT2D eigenvalue weighted by molar-refractivity contribution is 9.10. The summed E-state index contributed by atoms with van der Waals surface area (Å²) in [4.78, 5) is 0. The molecule has 1 heterocycles. The predicted molar refractivity (Wildman–Crippen MR) is 91.6 cm³/mol. The van der Waals surface area contributed by atoms with Gasteiger partial charge in [0.05, 0.1) is 11.7 Å². The summed E-state index contributed by atoms with van der Waals surface area (Å²) in [5.41, 5.74) is 8.38. The summed E-state index contributed by atoms with van der Waals surface area (Å²) in [7, 11) is 0. The van der Waals surface area contributed by atoms with Crippen molar-refractivity contribution < 1.29 is 0 Å². The molecule has 0 spiro atoms. The fourth-order valence-electron chi connectivity index (χ4n) is 2.49. The summed E-state index contributed by atoms with van der Waals surface area (Å²) in [6.45, 7) is 4.37. The van der Waals surface area contributed by atoms with Gasteiger partial charge in [0.2, 0.25) is 0 Å². The lowest BCUT2D eigenvalue weighted by atomic mass is 10.0. The Morgan fingerprint density at radius 2 is 2.00 bits per heavy atom. The number of rotatable bonds is 6. The number of nitrogens with zero attached hydrogens (tertiary/aromatic N) is 2. The van der Waals surface area contributed by atoms with Crippen LogP contribution < -0.4 is 5.73 Å². The van der Waals surface area contributed by atoms with Gasteiger partial charge in [-0.25, -0.2) is 0 Å². The second-order valence-corrected chi connectivity index (χ2v) is 6.52. The van der Waals surface area contributed by atoms with Crippen molar-refractivity contribution in [1.82, 2.24) is 9.78 Å². The number of nitrogens with two attached hydrogens (primary N) is 1. The van der Waals surface area contributed by atoms with Crippen LogP contribution in [0, 0.1) is 0 Å². The van der Waals surface area contributed by atoms with Crippen LogP contribution >= 0.6 is 27.5 Å². The molecule has 2 aromatic rings. The van der Waals surface area contributed by atoms with E-state index >= 15 is 0 Å². The molecule has 0 aliphatic rings. The van der Waals surface area contributed by atoms with Crippen molar-refractivity contribution in [3.05, 3.63) is 51.2 Å². The number of hydrogen-bond donors (Lipinski definition) is 1. The second kappa shape index (κ2) is 7.43. The van der Waals surface area contributed by atoms with Crippen LogP contribution in [0.2, 0.25) is 5.02 Å². The molecule has 0 aliphatic carbocycles. The Balaban J connectivity index is 2.11. The van der Waals surface area contributed by atoms with Crippen molar-refractivity contribution in [2.75, 3.05) is 0 Å². The van der Waals surface area contributed by atoms with Gasteiger partial charge >= 0.3 is 0 Å². The number of halogens is 2. The lowest BCUT2D eigenvalue weighted by molar-refractivity contribution is 0.424. The van der Waals surface area contributed by atoms with Gasteiger partial charge in [-0.1, -0.05) is 47.4 Å². The van der Waals surface area contributed by atoms with Gasteiger partial charge in [-0.05, 0) is 36.6 Å². The van der Waals surface area contributed by atoms with Crippen LogP contribution in [0.4, 0.5) is 0 Å². The fourth-order valence-corrected chi connectivity index (χ4v) is 3.47. The summed E-state index contributed by atoms with van der Waals surface area (Å²) >= 11 is 9.49. The lowest BCUT2D eigenvalue weighted by Crippen LogP contribution is -2.15. The van der Waals surface area contributed by atoms with Crippen LogP contribution in [0.3, 0.4) is 0 Å². The third-order valence-corrected chi connectivity index (χ3v) is 4.69. The number of aromatic nitrogens is 2. The highest BCUT2D eigenvalue weighted by Gasteiger charge is 2.14. The topological polar surface area (TPSA) is 43.8 Å². The summed E-state index contributed by atoms with van der Waals surface area (Å²) in [5.74, 6) is 0. The van der Waals surface area contributed by atoms with Crippen LogP contribution in [0.15, 0.2) is 34.9 Å². The minimum Gasteiger partial charge on any atom is -0.324 e. The molecule has 3 nitrogen and oxygen atoms in total. The maximum atomic E-state index is 6.31. The first kappa shape index (κ1) is 16.5. The van der Waals surface area contributed by atoms with Crippen molar-refractivity contribution in [3.8, 4) is 0 Å². The molecule has 1 aromatic heterocycles. The van der Waals surface area contributed by atoms with Gasteiger partial charge in [-0.2, -0.15) is 5.10 Å². The molecular formula is C16H21BrClN3. The predicted octanol–water partition coefficient (Wildman–Crippen LogP) is 4.90. The third kappa shape index (κ3) is 4.09. The van der Waals surface area contributed by atoms with Crippen molar-refractivity contribution in [2.24, 2.45) is 5.73 Å². The molecule has 0 saturated heterocycles. The Morgan fingerprint density at radius 1 is 1.29 bits per heavy atom. The van der Waals surface area contributed by atoms with Crippen LogP contribution in [-0.4, -0.2) is 9.78 Å². The smallest absolute Gasteiger partial charge is 0.0643 e. The highest BCUT2D eigenvalue weighted by atomic mass is 79.9. The highest BCUT2D eigenvalue weighted by Crippen LogP contribution is 2.27. The Hall–Kier alpha value is -0.840. The zero-order chi connectivity index (χ0) is 15.4. The van der Waals surface area contributed by atoms with Crippen LogP contribution in [0.1, 0.15) is 50.0 Å². The molecule has 1 unspecified atom stereocenters. The molecular weight excluding hydrogens is 350 g/mol. The quantitative estimate of drug-likeness (QED) is 0.785. The van der Waals surface area contributed by atoms with E-state index in [1.165, 1.54) is 0 Å². The van der Waals surface area contributed by atoms with E-state index in [2.05, 4.69) is 51.8 Å². The SMILES string of the molecule is CCC(CC)n1ccc(CC(N)c2ccc(Cl)cc2Br)n1. The third-order valence-electron chi connectivity index (χ3n) is 3.77. The Kier molecular flexibility index (Phi) is 5.85. The van der Waals surface area contributed by atoms with Gasteiger partial charge in [-0.3, -0.25) is 4.68 Å². The van der Waals surface area contributed by atoms with Crippen molar-refractivity contribution >= 4 is 27.5 Å². The summed E-state index contributed by atoms with van der Waals surface area (Å²) in [5, 5.41) is 5.36. The van der Waals surface area contributed by atoms with Crippen LogP contribution in [0.5, 0.6) is 0 Å². The van der Waals surface area contributed by atoms with Crippen molar-refractivity contribution in [3.63, 3.8) is 0 Å². The molecule has 114 valence electrons. The average molecular weight is 371 g/mol. The lowest BCUT2D eigenvalue weighted by Gasteiger charge is -2.14. The summed E-state index contributed by atoms with van der Waals surface area (Å²) in [6.07, 6.45) is 4.95. The standard InChI is InChI=1S/C16H21BrClN3/c1-3-13(4-2)21-8-7-12(20-21)10-16(19)14-6-5-11(18)9-15(14)17/h5-9,13,16H,3-4,10,19H2,1-2H3. The zero-order valence-electron chi connectivity index (χ0n) is 12.4. The van der Waals surface area contributed by atoms with E-state index in [0.717, 1.165) is 28.6 Å². The van der Waals surface area contributed by atoms with E-state index in [9.17, 15) is 0 Å². The Morgan fingerprint density at radius 3 is 2.62 bits per heavy atom. The Bertz CT molecular complexity index is 593. The molecule has 5 heteroatoms. The van der Waals surface area contributed by atoms with Gasteiger partial charge in [0.25, 0.3) is 0 Å². The Labute approximate surface area is 139 Å². The van der Waals surface area contributed by atoms with E-state index < -0.39 is 0 Å². The van der Waals surface area contributed by atoms with E-state index in [0.29, 0.717) is 17.5 Å². The molecule has 0 saturated carbocycles. The monoisotopic (exact) mass is 369 g/mol. The maximum absolute atomic E-state index is 6.31. The molecule has 0 radical (unpaired) electrons. The molecule has 0 aliphatic heterocycles. The summed E-state index contributed by atoms with van der Waals surface area (Å²) < 4.78 is 3.00. The minimum atomic E-state index is -0.0957. The molecule has 0 fully saturated rings. The van der Waals surface area contributed by atoms with Gasteiger partial charge in [0.15, 0.2) is 0 Å². The minimum absolute atomic E-state index is 0.0957. The first-order valence-electron chi connectivity index (χ1n) is 7.29. The maximum Gasteiger partial charge on any atom is 0.0643 e. The normalized spacial score (nSPS) is 12.9. The molecule has 0 bridgehead atoms. The molecule has 21 heavy (non-hydrogen) atoms.